The zero-order valence-corrected chi connectivity index (χ0v) is 7.69. The van der Waals surface area contributed by atoms with Crippen LogP contribution in [0.2, 0.25) is 0 Å². The predicted octanol–water partition coefficient (Wildman–Crippen LogP) is 1.12. The number of carbonyl (C=O) groups is 1. The average Bonchev–Trinajstić information content (AvgIpc) is 2.57. The molecule has 0 N–H and O–H groups in total. The van der Waals surface area contributed by atoms with Crippen molar-refractivity contribution in [2.24, 2.45) is 7.05 Å². The zero-order valence-electron chi connectivity index (χ0n) is 7.69. The summed E-state index contributed by atoms with van der Waals surface area (Å²) < 4.78 is 1.78. The van der Waals surface area contributed by atoms with Crippen molar-refractivity contribution >= 4 is 17.2 Å². The molecule has 0 aliphatic carbocycles. The lowest BCUT2D eigenvalue weighted by Gasteiger charge is -1.94. The molecule has 0 bridgehead atoms. The molecular weight excluding hydrogens is 176 g/mol. The lowest BCUT2D eigenvalue weighted by Crippen LogP contribution is -1.88. The first-order chi connectivity index (χ1) is 6.81. The van der Waals surface area contributed by atoms with Gasteiger partial charge >= 0.3 is 0 Å². The van der Waals surface area contributed by atoms with Gasteiger partial charge in [0.15, 0.2) is 6.29 Å². The Morgan fingerprint density at radius 2 is 2.36 bits per heavy atom. The van der Waals surface area contributed by atoms with Gasteiger partial charge in [-0.3, -0.25) is 9.48 Å². The second kappa shape index (κ2) is 3.35. The molecule has 0 spiro atoms. The normalized spacial score (nSPS) is 9.50. The summed E-state index contributed by atoms with van der Waals surface area (Å²) in [5, 5.41) is 5.19. The number of nitrogens with zero attached hydrogens (tertiary/aromatic N) is 2. The molecule has 1 heterocycles. The van der Waals surface area contributed by atoms with Crippen LogP contribution in [0.1, 0.15) is 5.56 Å². The van der Waals surface area contributed by atoms with Gasteiger partial charge in [-0.05, 0) is 24.1 Å². The minimum absolute atomic E-state index is 0.591. The van der Waals surface area contributed by atoms with Crippen LogP contribution in [0.15, 0.2) is 24.4 Å². The molecule has 0 saturated heterocycles. The number of hydrogen-bond acceptors (Lipinski definition) is 2. The van der Waals surface area contributed by atoms with Crippen LogP contribution in [0.3, 0.4) is 0 Å². The highest BCUT2D eigenvalue weighted by molar-refractivity contribution is 5.81. The van der Waals surface area contributed by atoms with Crippen molar-refractivity contribution < 1.29 is 4.79 Å². The molecule has 2 rings (SSSR count). The minimum atomic E-state index is 0.591. The molecule has 1 aromatic carbocycles. The van der Waals surface area contributed by atoms with Crippen molar-refractivity contribution in [1.29, 1.82) is 0 Å². The fraction of sp³-hybridized carbons (Fsp3) is 0.0909. The number of aryl methyl sites for hydroxylation is 1. The topological polar surface area (TPSA) is 34.9 Å². The van der Waals surface area contributed by atoms with Gasteiger partial charge in [0.05, 0.1) is 11.7 Å². The van der Waals surface area contributed by atoms with Crippen LogP contribution in [0.5, 0.6) is 0 Å². The van der Waals surface area contributed by atoms with E-state index in [2.05, 4.69) is 16.9 Å². The van der Waals surface area contributed by atoms with E-state index in [1.165, 1.54) is 0 Å². The first-order valence-corrected chi connectivity index (χ1v) is 4.18. The summed E-state index contributed by atoms with van der Waals surface area (Å²) in [4.78, 5) is 10.1. The second-order valence-corrected chi connectivity index (χ2v) is 2.93. The van der Waals surface area contributed by atoms with E-state index in [0.29, 0.717) is 6.29 Å². The minimum Gasteiger partial charge on any atom is -0.289 e. The molecule has 3 heteroatoms. The van der Waals surface area contributed by atoms with Gasteiger partial charge in [-0.1, -0.05) is 5.92 Å². The Balaban J connectivity index is 2.60. The maximum Gasteiger partial charge on any atom is 0.193 e. The van der Waals surface area contributed by atoms with Crippen molar-refractivity contribution in [3.63, 3.8) is 0 Å². The number of rotatable bonds is 0. The third-order valence-corrected chi connectivity index (χ3v) is 2.02. The van der Waals surface area contributed by atoms with Gasteiger partial charge in [-0.25, -0.2) is 0 Å². The molecule has 0 radical (unpaired) electrons. The molecule has 68 valence electrons. The van der Waals surface area contributed by atoms with Crippen LogP contribution in [0.4, 0.5) is 0 Å². The molecule has 14 heavy (non-hydrogen) atoms. The summed E-state index contributed by atoms with van der Waals surface area (Å²) >= 11 is 0. The van der Waals surface area contributed by atoms with Crippen LogP contribution in [0, 0.1) is 11.8 Å². The van der Waals surface area contributed by atoms with E-state index in [-0.39, 0.29) is 0 Å². The van der Waals surface area contributed by atoms with E-state index in [0.717, 1.165) is 16.5 Å². The number of aromatic nitrogens is 2. The second-order valence-electron chi connectivity index (χ2n) is 2.93. The van der Waals surface area contributed by atoms with Crippen molar-refractivity contribution in [2.75, 3.05) is 0 Å². The molecule has 0 unspecified atom stereocenters. The van der Waals surface area contributed by atoms with Gasteiger partial charge in [0.2, 0.25) is 0 Å². The van der Waals surface area contributed by atoms with Gasteiger partial charge < -0.3 is 0 Å². The largest absolute Gasteiger partial charge is 0.289 e. The number of benzene rings is 1. The van der Waals surface area contributed by atoms with Crippen molar-refractivity contribution in [2.45, 2.75) is 0 Å². The van der Waals surface area contributed by atoms with Gasteiger partial charge in [0.1, 0.15) is 0 Å². The molecule has 2 aromatic rings. The summed E-state index contributed by atoms with van der Waals surface area (Å²) in [7, 11) is 1.87. The Hall–Kier alpha value is -2.08. The summed E-state index contributed by atoms with van der Waals surface area (Å²) in [5.41, 5.74) is 1.84. The molecule has 3 nitrogen and oxygen atoms in total. The molecule has 0 atom stereocenters. The fourth-order valence-corrected chi connectivity index (χ4v) is 1.33. The number of fused-ring (bicyclic) bond motifs is 1. The Bertz CT molecular complexity index is 543. The lowest BCUT2D eigenvalue weighted by atomic mass is 10.2. The Kier molecular flexibility index (Phi) is 2.04. The highest BCUT2D eigenvalue weighted by Gasteiger charge is 1.98. The van der Waals surface area contributed by atoms with Crippen LogP contribution in [0.25, 0.3) is 10.9 Å². The van der Waals surface area contributed by atoms with Crippen molar-refractivity contribution in [3.8, 4) is 11.8 Å². The summed E-state index contributed by atoms with van der Waals surface area (Å²) in [6.45, 7) is 0. The first kappa shape index (κ1) is 8.52. The van der Waals surface area contributed by atoms with Gasteiger partial charge in [0.25, 0.3) is 0 Å². The monoisotopic (exact) mass is 184 g/mol. The number of carbonyl (C=O) groups excluding carboxylic acids is 1. The average molecular weight is 184 g/mol. The molecule has 0 saturated carbocycles. The molecule has 1 aromatic heterocycles. The van der Waals surface area contributed by atoms with E-state index < -0.39 is 0 Å². The molecule has 0 aliphatic heterocycles. The predicted molar refractivity (Wildman–Crippen MR) is 53.7 cm³/mol. The fourth-order valence-electron chi connectivity index (χ4n) is 1.33. The van der Waals surface area contributed by atoms with Crippen LogP contribution < -0.4 is 0 Å². The quantitative estimate of drug-likeness (QED) is 0.454. The van der Waals surface area contributed by atoms with E-state index in [1.54, 1.807) is 10.9 Å². The smallest absolute Gasteiger partial charge is 0.193 e. The Morgan fingerprint density at radius 1 is 1.50 bits per heavy atom. The van der Waals surface area contributed by atoms with Crippen LogP contribution >= 0.6 is 0 Å². The Labute approximate surface area is 81.3 Å². The van der Waals surface area contributed by atoms with Crippen molar-refractivity contribution in [3.05, 3.63) is 30.0 Å². The molecule has 0 amide bonds. The Morgan fingerprint density at radius 3 is 3.14 bits per heavy atom. The third-order valence-electron chi connectivity index (χ3n) is 2.02. The van der Waals surface area contributed by atoms with Gasteiger partial charge in [-0.15, -0.1) is 0 Å². The number of aldehydes is 1. The maximum atomic E-state index is 10.1. The standard InChI is InChI=1S/C11H8N2O/c1-13-11-7-9(3-2-6-14)4-5-10(11)8-12-13/h4-8H,1H3. The molecule has 0 aliphatic rings. The summed E-state index contributed by atoms with van der Waals surface area (Å²) in [5.74, 6) is 5.12. The highest BCUT2D eigenvalue weighted by atomic mass is 16.1. The zero-order chi connectivity index (χ0) is 9.97. The summed E-state index contributed by atoms with van der Waals surface area (Å²) in [6.07, 6.45) is 2.39. The maximum absolute atomic E-state index is 10.1. The van der Waals surface area contributed by atoms with E-state index >= 15 is 0 Å². The first-order valence-electron chi connectivity index (χ1n) is 4.18. The van der Waals surface area contributed by atoms with Crippen LogP contribution in [-0.4, -0.2) is 16.1 Å². The third kappa shape index (κ3) is 1.38. The number of hydrogen-bond donors (Lipinski definition) is 0. The molecule has 0 fully saturated rings. The van der Waals surface area contributed by atoms with Crippen LogP contribution in [-0.2, 0) is 11.8 Å². The van der Waals surface area contributed by atoms with Gasteiger partial charge in [-0.2, -0.15) is 5.10 Å². The van der Waals surface area contributed by atoms with E-state index in [9.17, 15) is 4.79 Å². The molecular formula is C11H8N2O. The van der Waals surface area contributed by atoms with E-state index in [1.807, 2.05) is 25.2 Å². The van der Waals surface area contributed by atoms with Gasteiger partial charge in [0, 0.05) is 18.0 Å². The van der Waals surface area contributed by atoms with E-state index in [4.69, 9.17) is 0 Å². The van der Waals surface area contributed by atoms with Crippen molar-refractivity contribution in [1.82, 2.24) is 9.78 Å². The SMILES string of the molecule is Cn1ncc2ccc(C#CC=O)cc21. The summed E-state index contributed by atoms with van der Waals surface area (Å²) in [6, 6.07) is 5.73. The highest BCUT2D eigenvalue weighted by Crippen LogP contribution is 2.13. The lowest BCUT2D eigenvalue weighted by molar-refractivity contribution is -0.103.